The van der Waals surface area contributed by atoms with Gasteiger partial charge >= 0.3 is 0 Å². The molecule has 0 spiro atoms. The molecule has 2 aromatic carbocycles. The number of hydrogen-bond acceptors (Lipinski definition) is 3. The predicted molar refractivity (Wildman–Crippen MR) is 87.2 cm³/mol. The fraction of sp³-hybridized carbons (Fsp3) is 0.222. The van der Waals surface area contributed by atoms with Crippen LogP contribution in [0.4, 0.5) is 5.69 Å². The van der Waals surface area contributed by atoms with Gasteiger partial charge in [0.25, 0.3) is 0 Å². The number of rotatable bonds is 5. The number of hydrogen-bond donors (Lipinski definition) is 1. The van der Waals surface area contributed by atoms with Gasteiger partial charge in [-0.3, -0.25) is 9.69 Å². The highest BCUT2D eigenvalue weighted by Crippen LogP contribution is 2.11. The van der Waals surface area contributed by atoms with E-state index in [4.69, 9.17) is 5.26 Å². The molecule has 0 radical (unpaired) electrons. The van der Waals surface area contributed by atoms with Crippen molar-refractivity contribution in [3.63, 3.8) is 0 Å². The van der Waals surface area contributed by atoms with Crippen molar-refractivity contribution < 1.29 is 4.79 Å². The molecule has 2 rings (SSSR count). The lowest BCUT2D eigenvalue weighted by Crippen LogP contribution is -2.39. The maximum Gasteiger partial charge on any atom is 0.241 e. The molecule has 0 saturated carbocycles. The van der Waals surface area contributed by atoms with E-state index in [1.165, 1.54) is 5.56 Å². The van der Waals surface area contributed by atoms with Gasteiger partial charge in [-0.1, -0.05) is 30.3 Å². The Bertz CT molecular complexity index is 659. The lowest BCUT2D eigenvalue weighted by Gasteiger charge is -2.24. The summed E-state index contributed by atoms with van der Waals surface area (Å²) in [6.07, 6.45) is 0. The number of anilines is 1. The van der Waals surface area contributed by atoms with E-state index in [9.17, 15) is 4.79 Å². The first-order chi connectivity index (χ1) is 10.6. The van der Waals surface area contributed by atoms with Gasteiger partial charge < -0.3 is 5.32 Å². The second-order valence-corrected chi connectivity index (χ2v) is 5.26. The monoisotopic (exact) mass is 293 g/mol. The normalized spacial score (nSPS) is 11.7. The lowest BCUT2D eigenvalue weighted by molar-refractivity contribution is -0.120. The minimum atomic E-state index is -0.254. The summed E-state index contributed by atoms with van der Waals surface area (Å²) in [6.45, 7) is 2.59. The molecule has 0 fully saturated rings. The van der Waals surface area contributed by atoms with Crippen molar-refractivity contribution in [2.24, 2.45) is 0 Å². The largest absolute Gasteiger partial charge is 0.325 e. The van der Waals surface area contributed by atoms with E-state index in [1.54, 1.807) is 24.3 Å². The molecule has 0 aromatic heterocycles. The molecule has 4 nitrogen and oxygen atoms in total. The van der Waals surface area contributed by atoms with Crippen LogP contribution in [0.25, 0.3) is 0 Å². The van der Waals surface area contributed by atoms with Gasteiger partial charge in [0.2, 0.25) is 5.91 Å². The third kappa shape index (κ3) is 4.18. The number of carbonyl (C=O) groups is 1. The van der Waals surface area contributed by atoms with Gasteiger partial charge in [-0.15, -0.1) is 0 Å². The molecular weight excluding hydrogens is 274 g/mol. The molecule has 0 bridgehead atoms. The molecule has 0 heterocycles. The van der Waals surface area contributed by atoms with E-state index in [-0.39, 0.29) is 11.9 Å². The quantitative estimate of drug-likeness (QED) is 0.922. The van der Waals surface area contributed by atoms with Crippen LogP contribution in [0.15, 0.2) is 54.6 Å². The fourth-order valence-corrected chi connectivity index (χ4v) is 2.08. The van der Waals surface area contributed by atoms with Crippen LogP contribution >= 0.6 is 0 Å². The molecule has 1 amide bonds. The maximum atomic E-state index is 12.3. The molecule has 0 saturated heterocycles. The molecule has 4 heteroatoms. The maximum absolute atomic E-state index is 12.3. The highest BCUT2D eigenvalue weighted by molar-refractivity contribution is 5.94. The summed E-state index contributed by atoms with van der Waals surface area (Å²) >= 11 is 0. The van der Waals surface area contributed by atoms with Crippen molar-refractivity contribution in [2.75, 3.05) is 12.4 Å². The number of nitriles is 1. The average Bonchev–Trinajstić information content (AvgIpc) is 2.55. The number of amides is 1. The second kappa shape index (κ2) is 7.39. The third-order valence-electron chi connectivity index (χ3n) is 3.60. The minimum Gasteiger partial charge on any atom is -0.325 e. The average molecular weight is 293 g/mol. The molecule has 1 N–H and O–H groups in total. The van der Waals surface area contributed by atoms with Crippen molar-refractivity contribution in [3.8, 4) is 6.07 Å². The summed E-state index contributed by atoms with van der Waals surface area (Å²) < 4.78 is 0. The first kappa shape index (κ1) is 15.7. The van der Waals surface area contributed by atoms with Crippen molar-refractivity contribution >= 4 is 11.6 Å². The number of nitrogens with one attached hydrogen (secondary N) is 1. The summed E-state index contributed by atoms with van der Waals surface area (Å²) in [6, 6.07) is 18.7. The topological polar surface area (TPSA) is 56.1 Å². The van der Waals surface area contributed by atoms with Crippen LogP contribution in [-0.2, 0) is 11.3 Å². The Kier molecular flexibility index (Phi) is 5.29. The summed E-state index contributed by atoms with van der Waals surface area (Å²) in [5.74, 6) is -0.0665. The Labute approximate surface area is 131 Å². The Balaban J connectivity index is 1.94. The van der Waals surface area contributed by atoms with Crippen molar-refractivity contribution in [2.45, 2.75) is 19.5 Å². The fourth-order valence-electron chi connectivity index (χ4n) is 2.08. The van der Waals surface area contributed by atoms with Crippen LogP contribution in [0.2, 0.25) is 0 Å². The van der Waals surface area contributed by atoms with E-state index < -0.39 is 0 Å². The Morgan fingerprint density at radius 1 is 1.18 bits per heavy atom. The first-order valence-corrected chi connectivity index (χ1v) is 7.15. The van der Waals surface area contributed by atoms with Crippen LogP contribution < -0.4 is 5.32 Å². The molecule has 2 aromatic rings. The van der Waals surface area contributed by atoms with Crippen LogP contribution in [-0.4, -0.2) is 23.9 Å². The molecule has 0 aliphatic heterocycles. The minimum absolute atomic E-state index is 0.0665. The SMILES string of the molecule is C[C@@H](C(=O)Nc1ccc(C#N)cc1)N(C)Cc1ccccc1. The standard InChI is InChI=1S/C18H19N3O/c1-14(21(2)13-16-6-4-3-5-7-16)18(22)20-17-10-8-15(12-19)9-11-17/h3-11,14H,13H2,1-2H3,(H,20,22)/t14-/m0/s1. The van der Waals surface area contributed by atoms with Crippen LogP contribution in [0.5, 0.6) is 0 Å². The Morgan fingerprint density at radius 2 is 1.82 bits per heavy atom. The third-order valence-corrected chi connectivity index (χ3v) is 3.60. The zero-order valence-corrected chi connectivity index (χ0v) is 12.8. The van der Waals surface area contributed by atoms with Crippen molar-refractivity contribution in [1.82, 2.24) is 4.90 Å². The number of carbonyl (C=O) groups excluding carboxylic acids is 1. The van der Waals surface area contributed by atoms with Crippen molar-refractivity contribution in [1.29, 1.82) is 5.26 Å². The van der Waals surface area contributed by atoms with Gasteiger partial charge in [0.15, 0.2) is 0 Å². The van der Waals surface area contributed by atoms with Crippen LogP contribution in [0, 0.1) is 11.3 Å². The van der Waals surface area contributed by atoms with Gasteiger partial charge in [0.1, 0.15) is 0 Å². The van der Waals surface area contributed by atoms with Crippen LogP contribution in [0.3, 0.4) is 0 Å². The Hall–Kier alpha value is -2.64. The van der Waals surface area contributed by atoms with E-state index >= 15 is 0 Å². The second-order valence-electron chi connectivity index (χ2n) is 5.26. The number of benzene rings is 2. The summed E-state index contributed by atoms with van der Waals surface area (Å²) in [5.41, 5.74) is 2.44. The Morgan fingerprint density at radius 3 is 2.41 bits per heavy atom. The van der Waals surface area contributed by atoms with E-state index in [0.29, 0.717) is 17.8 Å². The molecule has 0 unspecified atom stereocenters. The molecule has 22 heavy (non-hydrogen) atoms. The van der Waals surface area contributed by atoms with Gasteiger partial charge in [0, 0.05) is 12.2 Å². The zero-order valence-electron chi connectivity index (χ0n) is 12.8. The van der Waals surface area contributed by atoms with E-state index in [1.807, 2.05) is 49.2 Å². The number of nitrogens with zero attached hydrogens (tertiary/aromatic N) is 2. The summed E-state index contributed by atoms with van der Waals surface area (Å²) in [5, 5.41) is 11.6. The smallest absolute Gasteiger partial charge is 0.241 e. The number of likely N-dealkylation sites (N-methyl/N-ethyl adjacent to an activating group) is 1. The van der Waals surface area contributed by atoms with Gasteiger partial charge in [-0.25, -0.2) is 0 Å². The lowest BCUT2D eigenvalue weighted by atomic mass is 10.2. The molecule has 0 aliphatic rings. The van der Waals surface area contributed by atoms with Crippen LogP contribution in [0.1, 0.15) is 18.1 Å². The zero-order chi connectivity index (χ0) is 15.9. The summed E-state index contributed by atoms with van der Waals surface area (Å²) in [7, 11) is 1.93. The molecule has 112 valence electrons. The highest BCUT2D eigenvalue weighted by Gasteiger charge is 2.18. The highest BCUT2D eigenvalue weighted by atomic mass is 16.2. The van der Waals surface area contributed by atoms with Gasteiger partial charge in [0.05, 0.1) is 17.7 Å². The van der Waals surface area contributed by atoms with Gasteiger partial charge in [-0.2, -0.15) is 5.26 Å². The van der Waals surface area contributed by atoms with E-state index in [2.05, 4.69) is 11.4 Å². The van der Waals surface area contributed by atoms with Gasteiger partial charge in [-0.05, 0) is 43.8 Å². The first-order valence-electron chi connectivity index (χ1n) is 7.15. The predicted octanol–water partition coefficient (Wildman–Crippen LogP) is 3.02. The van der Waals surface area contributed by atoms with E-state index in [0.717, 1.165) is 0 Å². The van der Waals surface area contributed by atoms with Crippen molar-refractivity contribution in [3.05, 3.63) is 65.7 Å². The summed E-state index contributed by atoms with van der Waals surface area (Å²) in [4.78, 5) is 14.3. The molecule has 0 aliphatic carbocycles. The molecular formula is C18H19N3O. The molecule has 1 atom stereocenters.